The van der Waals surface area contributed by atoms with E-state index in [4.69, 9.17) is 11.6 Å². The van der Waals surface area contributed by atoms with Crippen molar-refractivity contribution in [3.05, 3.63) is 40.9 Å². The van der Waals surface area contributed by atoms with E-state index in [1.165, 1.54) is 10.4 Å². The lowest BCUT2D eigenvalue weighted by Crippen LogP contribution is -2.48. The van der Waals surface area contributed by atoms with Gasteiger partial charge < -0.3 is 4.90 Å². The molecule has 0 amide bonds. The van der Waals surface area contributed by atoms with Gasteiger partial charge in [0, 0.05) is 42.8 Å². The van der Waals surface area contributed by atoms with Crippen molar-refractivity contribution in [1.82, 2.24) is 9.29 Å². The summed E-state index contributed by atoms with van der Waals surface area (Å²) in [6.45, 7) is 2.20. The lowest BCUT2D eigenvalue weighted by atomic mass is 10.4. The molecular weight excluding hydrogens is 330 g/mol. The predicted octanol–water partition coefficient (Wildman–Crippen LogP) is 2.31. The largest absolute Gasteiger partial charge is 0.345 e. The van der Waals surface area contributed by atoms with E-state index in [0.29, 0.717) is 31.2 Å². The van der Waals surface area contributed by atoms with E-state index in [2.05, 4.69) is 9.88 Å². The summed E-state index contributed by atoms with van der Waals surface area (Å²) in [7, 11) is -3.47. The topological polar surface area (TPSA) is 53.5 Å². The summed E-state index contributed by atoms with van der Waals surface area (Å²) >= 11 is 7.45. The van der Waals surface area contributed by atoms with Crippen molar-refractivity contribution >= 4 is 38.1 Å². The van der Waals surface area contributed by atoms with Crippen molar-refractivity contribution < 1.29 is 8.42 Å². The maximum atomic E-state index is 12.6. The van der Waals surface area contributed by atoms with Crippen molar-refractivity contribution in [1.29, 1.82) is 0 Å². The normalized spacial score (nSPS) is 17.1. The van der Waals surface area contributed by atoms with E-state index in [1.807, 2.05) is 5.38 Å². The standard InChI is InChI=1S/C13H14ClN3O2S2/c14-11-2-1-3-12(10-11)21(18,19)17-7-5-16(6-8-17)13-15-4-9-20-13/h1-4,9-10H,5-8H2. The SMILES string of the molecule is O=S(=O)(c1cccc(Cl)c1)N1CCN(c2nccs2)CC1. The number of benzene rings is 1. The fourth-order valence-electron chi connectivity index (χ4n) is 2.27. The third-order valence-electron chi connectivity index (χ3n) is 3.36. The van der Waals surface area contributed by atoms with E-state index in [1.54, 1.807) is 35.7 Å². The Balaban J connectivity index is 1.74. The highest BCUT2D eigenvalue weighted by atomic mass is 35.5. The minimum Gasteiger partial charge on any atom is -0.345 e. The van der Waals surface area contributed by atoms with E-state index in [9.17, 15) is 8.42 Å². The Bertz CT molecular complexity index is 711. The van der Waals surface area contributed by atoms with Gasteiger partial charge in [0.15, 0.2) is 5.13 Å². The summed E-state index contributed by atoms with van der Waals surface area (Å²) in [5.41, 5.74) is 0. The third-order valence-corrected chi connectivity index (χ3v) is 6.32. The molecule has 21 heavy (non-hydrogen) atoms. The maximum Gasteiger partial charge on any atom is 0.243 e. The summed E-state index contributed by atoms with van der Waals surface area (Å²) in [6.07, 6.45) is 1.76. The number of hydrogen-bond acceptors (Lipinski definition) is 5. The van der Waals surface area contributed by atoms with Gasteiger partial charge in [-0.25, -0.2) is 13.4 Å². The van der Waals surface area contributed by atoms with E-state index >= 15 is 0 Å². The molecular formula is C13H14ClN3O2S2. The molecule has 0 unspecified atom stereocenters. The van der Waals surface area contributed by atoms with Crippen LogP contribution in [0.1, 0.15) is 0 Å². The lowest BCUT2D eigenvalue weighted by molar-refractivity contribution is 0.385. The van der Waals surface area contributed by atoms with E-state index in [0.717, 1.165) is 5.13 Å². The first kappa shape index (κ1) is 14.8. The van der Waals surface area contributed by atoms with Crippen LogP contribution in [0.3, 0.4) is 0 Å². The van der Waals surface area contributed by atoms with Crippen LogP contribution >= 0.6 is 22.9 Å². The molecule has 2 heterocycles. The number of nitrogens with zero attached hydrogens (tertiary/aromatic N) is 3. The second-order valence-corrected chi connectivity index (χ2v) is 7.91. The molecule has 112 valence electrons. The maximum absolute atomic E-state index is 12.6. The molecule has 1 fully saturated rings. The van der Waals surface area contributed by atoms with Crippen molar-refractivity contribution in [2.75, 3.05) is 31.1 Å². The van der Waals surface area contributed by atoms with Gasteiger partial charge in [0.1, 0.15) is 0 Å². The Morgan fingerprint density at radius 2 is 1.95 bits per heavy atom. The van der Waals surface area contributed by atoms with Crippen molar-refractivity contribution in [3.8, 4) is 0 Å². The molecule has 2 aromatic rings. The van der Waals surface area contributed by atoms with E-state index in [-0.39, 0.29) is 4.90 Å². The van der Waals surface area contributed by atoms with Gasteiger partial charge in [-0.1, -0.05) is 17.7 Å². The molecule has 5 nitrogen and oxygen atoms in total. The molecule has 0 spiro atoms. The first-order valence-corrected chi connectivity index (χ1v) is 9.17. The molecule has 3 rings (SSSR count). The Hall–Kier alpha value is -1.15. The summed E-state index contributed by atoms with van der Waals surface area (Å²) < 4.78 is 26.6. The van der Waals surface area contributed by atoms with Crippen LogP contribution in [-0.2, 0) is 10.0 Å². The first-order chi connectivity index (χ1) is 10.1. The lowest BCUT2D eigenvalue weighted by Gasteiger charge is -2.33. The van der Waals surface area contributed by atoms with Crippen molar-refractivity contribution in [3.63, 3.8) is 0 Å². The van der Waals surface area contributed by atoms with E-state index < -0.39 is 10.0 Å². The Labute approximate surface area is 132 Å². The molecule has 0 atom stereocenters. The molecule has 0 radical (unpaired) electrons. The van der Waals surface area contributed by atoms with Gasteiger partial charge in [0.05, 0.1) is 4.90 Å². The minimum absolute atomic E-state index is 0.248. The van der Waals surface area contributed by atoms with Crippen LogP contribution < -0.4 is 4.90 Å². The highest BCUT2D eigenvalue weighted by molar-refractivity contribution is 7.89. The van der Waals surface area contributed by atoms with Crippen LogP contribution in [0.25, 0.3) is 0 Å². The minimum atomic E-state index is -3.47. The van der Waals surface area contributed by atoms with Gasteiger partial charge in [-0.05, 0) is 18.2 Å². The van der Waals surface area contributed by atoms with Crippen LogP contribution in [0.4, 0.5) is 5.13 Å². The Morgan fingerprint density at radius 3 is 2.57 bits per heavy atom. The summed E-state index contributed by atoms with van der Waals surface area (Å²) in [5.74, 6) is 0. The number of anilines is 1. The van der Waals surface area contributed by atoms with Gasteiger partial charge in [-0.15, -0.1) is 11.3 Å². The molecule has 1 saturated heterocycles. The molecule has 1 aromatic heterocycles. The fraction of sp³-hybridized carbons (Fsp3) is 0.308. The summed E-state index contributed by atoms with van der Waals surface area (Å²) in [6, 6.07) is 6.39. The fourth-order valence-corrected chi connectivity index (χ4v) is 4.69. The number of sulfonamides is 1. The third kappa shape index (κ3) is 3.06. The number of hydrogen-bond donors (Lipinski definition) is 0. The first-order valence-electron chi connectivity index (χ1n) is 6.47. The molecule has 1 aliphatic rings. The Morgan fingerprint density at radius 1 is 1.19 bits per heavy atom. The zero-order valence-electron chi connectivity index (χ0n) is 11.1. The van der Waals surface area contributed by atoms with Crippen LogP contribution in [0.15, 0.2) is 40.7 Å². The highest BCUT2D eigenvalue weighted by Crippen LogP contribution is 2.23. The van der Waals surface area contributed by atoms with Crippen LogP contribution in [0.5, 0.6) is 0 Å². The molecule has 0 saturated carbocycles. The van der Waals surface area contributed by atoms with Crippen LogP contribution in [0.2, 0.25) is 5.02 Å². The zero-order chi connectivity index (χ0) is 14.9. The number of thiazole rings is 1. The monoisotopic (exact) mass is 343 g/mol. The molecule has 0 aliphatic carbocycles. The van der Waals surface area contributed by atoms with Gasteiger partial charge in [-0.3, -0.25) is 0 Å². The molecule has 1 aliphatic heterocycles. The second kappa shape index (κ2) is 5.92. The molecule has 8 heteroatoms. The summed E-state index contributed by atoms with van der Waals surface area (Å²) in [4.78, 5) is 6.61. The average molecular weight is 344 g/mol. The highest BCUT2D eigenvalue weighted by Gasteiger charge is 2.29. The predicted molar refractivity (Wildman–Crippen MR) is 84.5 cm³/mol. The van der Waals surface area contributed by atoms with Gasteiger partial charge in [0.25, 0.3) is 0 Å². The van der Waals surface area contributed by atoms with Gasteiger partial charge in [-0.2, -0.15) is 4.31 Å². The van der Waals surface area contributed by atoms with Crippen LogP contribution in [-0.4, -0.2) is 43.9 Å². The smallest absolute Gasteiger partial charge is 0.243 e. The van der Waals surface area contributed by atoms with Crippen molar-refractivity contribution in [2.45, 2.75) is 4.90 Å². The number of piperazine rings is 1. The number of halogens is 1. The van der Waals surface area contributed by atoms with Gasteiger partial charge in [0.2, 0.25) is 10.0 Å². The zero-order valence-corrected chi connectivity index (χ0v) is 13.5. The number of aromatic nitrogens is 1. The van der Waals surface area contributed by atoms with Crippen LogP contribution in [0, 0.1) is 0 Å². The molecule has 0 N–H and O–H groups in total. The molecule has 0 bridgehead atoms. The second-order valence-electron chi connectivity index (χ2n) is 4.66. The van der Waals surface area contributed by atoms with Crippen molar-refractivity contribution in [2.24, 2.45) is 0 Å². The molecule has 1 aromatic carbocycles. The average Bonchev–Trinajstić information content (AvgIpc) is 3.02. The van der Waals surface area contributed by atoms with Gasteiger partial charge >= 0.3 is 0 Å². The summed E-state index contributed by atoms with van der Waals surface area (Å²) in [5, 5.41) is 3.29. The number of rotatable bonds is 3. The quantitative estimate of drug-likeness (QED) is 0.858. The Kier molecular flexibility index (Phi) is 4.17.